The number of hydrogen-bond donors (Lipinski definition) is 1. The predicted octanol–water partition coefficient (Wildman–Crippen LogP) is 3.32. The standard InChI is InChI=1S/C21H30N2O3.ClH/c1-2-3-4-11-26-19-7-5-16(6-8-19)20(24)9-10-21(25)23-14-17-12-22-13-18(17)15-23;/h5-8,17-18,22H,2-4,9-15H2,1H3;1H/t17-,18+;. The summed E-state index contributed by atoms with van der Waals surface area (Å²) in [5.74, 6) is 2.13. The zero-order chi connectivity index (χ0) is 18.4. The number of nitrogens with zero attached hydrogens (tertiary/aromatic N) is 1. The third-order valence-electron chi connectivity index (χ3n) is 5.50. The molecule has 0 radical (unpaired) electrons. The summed E-state index contributed by atoms with van der Waals surface area (Å²) in [7, 11) is 0. The quantitative estimate of drug-likeness (QED) is 0.515. The maximum atomic E-state index is 12.4. The summed E-state index contributed by atoms with van der Waals surface area (Å²) in [4.78, 5) is 26.7. The minimum Gasteiger partial charge on any atom is -0.494 e. The van der Waals surface area contributed by atoms with Gasteiger partial charge in [0.25, 0.3) is 0 Å². The second-order valence-corrected chi connectivity index (χ2v) is 7.48. The Bertz CT molecular complexity index is 608. The highest BCUT2D eigenvalue weighted by atomic mass is 35.5. The second-order valence-electron chi connectivity index (χ2n) is 7.48. The van der Waals surface area contributed by atoms with Gasteiger partial charge in [-0.1, -0.05) is 19.8 Å². The lowest BCUT2D eigenvalue weighted by molar-refractivity contribution is -0.130. The van der Waals surface area contributed by atoms with Crippen LogP contribution in [-0.2, 0) is 4.79 Å². The van der Waals surface area contributed by atoms with Gasteiger partial charge >= 0.3 is 0 Å². The Labute approximate surface area is 168 Å². The maximum absolute atomic E-state index is 12.4. The van der Waals surface area contributed by atoms with Crippen molar-refractivity contribution in [1.82, 2.24) is 10.2 Å². The van der Waals surface area contributed by atoms with E-state index in [2.05, 4.69) is 12.2 Å². The van der Waals surface area contributed by atoms with E-state index >= 15 is 0 Å². The second kappa shape index (κ2) is 10.7. The third kappa shape index (κ3) is 5.94. The zero-order valence-electron chi connectivity index (χ0n) is 16.1. The molecule has 6 heteroatoms. The molecule has 0 unspecified atom stereocenters. The van der Waals surface area contributed by atoms with E-state index in [0.717, 1.165) is 38.3 Å². The smallest absolute Gasteiger partial charge is 0.223 e. The van der Waals surface area contributed by atoms with E-state index in [0.29, 0.717) is 30.4 Å². The number of Topliss-reactive ketones (excluding diaryl/α,β-unsaturated/α-hetero) is 1. The van der Waals surface area contributed by atoms with Crippen LogP contribution in [0.5, 0.6) is 5.75 Å². The molecular weight excluding hydrogens is 364 g/mol. The number of carbonyl (C=O) groups excluding carboxylic acids is 2. The third-order valence-corrected chi connectivity index (χ3v) is 5.50. The molecule has 2 aliphatic heterocycles. The molecule has 1 aromatic carbocycles. The first-order valence-electron chi connectivity index (χ1n) is 9.92. The highest BCUT2D eigenvalue weighted by Crippen LogP contribution is 2.27. The van der Waals surface area contributed by atoms with Crippen LogP contribution in [0.25, 0.3) is 0 Å². The number of nitrogens with one attached hydrogen (secondary N) is 1. The van der Waals surface area contributed by atoms with E-state index in [9.17, 15) is 9.59 Å². The van der Waals surface area contributed by atoms with Crippen molar-refractivity contribution in [3.8, 4) is 5.75 Å². The van der Waals surface area contributed by atoms with Crippen molar-refractivity contribution in [2.75, 3.05) is 32.8 Å². The van der Waals surface area contributed by atoms with Crippen molar-refractivity contribution < 1.29 is 14.3 Å². The van der Waals surface area contributed by atoms with Crippen molar-refractivity contribution in [3.63, 3.8) is 0 Å². The molecule has 2 atom stereocenters. The van der Waals surface area contributed by atoms with Crippen molar-refractivity contribution >= 4 is 24.1 Å². The average Bonchev–Trinajstić information content (AvgIpc) is 3.25. The fourth-order valence-electron chi connectivity index (χ4n) is 3.86. The van der Waals surface area contributed by atoms with Gasteiger partial charge in [0.15, 0.2) is 5.78 Å². The van der Waals surface area contributed by atoms with Crippen LogP contribution < -0.4 is 10.1 Å². The van der Waals surface area contributed by atoms with Gasteiger partial charge in [-0.05, 0) is 42.5 Å². The molecule has 2 saturated heterocycles. The zero-order valence-corrected chi connectivity index (χ0v) is 16.9. The molecule has 27 heavy (non-hydrogen) atoms. The summed E-state index contributed by atoms with van der Waals surface area (Å²) in [6.45, 7) is 6.59. The first-order chi connectivity index (χ1) is 12.7. The lowest BCUT2D eigenvalue weighted by Gasteiger charge is -2.17. The van der Waals surface area contributed by atoms with Gasteiger partial charge in [0.05, 0.1) is 6.61 Å². The number of carbonyl (C=O) groups is 2. The fourth-order valence-corrected chi connectivity index (χ4v) is 3.86. The van der Waals surface area contributed by atoms with Gasteiger partial charge < -0.3 is 15.0 Å². The lowest BCUT2D eigenvalue weighted by atomic mass is 10.0. The summed E-state index contributed by atoms with van der Waals surface area (Å²) in [5.41, 5.74) is 0.654. The van der Waals surface area contributed by atoms with Gasteiger partial charge in [-0.15, -0.1) is 12.4 Å². The van der Waals surface area contributed by atoms with Gasteiger partial charge in [0, 0.05) is 44.6 Å². The first-order valence-corrected chi connectivity index (χ1v) is 9.92. The first kappa shape index (κ1) is 21.7. The SMILES string of the molecule is CCCCCOc1ccc(C(=O)CCC(=O)N2C[C@H]3CNC[C@H]3C2)cc1.Cl. The van der Waals surface area contributed by atoms with Crippen LogP contribution in [0.2, 0.25) is 0 Å². The maximum Gasteiger partial charge on any atom is 0.223 e. The van der Waals surface area contributed by atoms with Crippen LogP contribution in [0.4, 0.5) is 0 Å². The number of benzene rings is 1. The summed E-state index contributed by atoms with van der Waals surface area (Å²) < 4.78 is 5.67. The number of rotatable bonds is 9. The number of amides is 1. The van der Waals surface area contributed by atoms with Crippen LogP contribution in [0, 0.1) is 11.8 Å². The molecular formula is C21H31ClN2O3. The Balaban J connectivity index is 0.00000261. The number of ether oxygens (including phenoxy) is 1. The van der Waals surface area contributed by atoms with E-state index in [1.807, 2.05) is 17.0 Å². The minimum absolute atomic E-state index is 0. The highest BCUT2D eigenvalue weighted by molar-refractivity contribution is 5.98. The van der Waals surface area contributed by atoms with E-state index < -0.39 is 0 Å². The molecule has 0 bridgehead atoms. The summed E-state index contributed by atoms with van der Waals surface area (Å²) in [5, 5.41) is 3.38. The average molecular weight is 395 g/mol. The number of fused-ring (bicyclic) bond motifs is 1. The molecule has 0 saturated carbocycles. The number of ketones is 1. The predicted molar refractivity (Wildman–Crippen MR) is 109 cm³/mol. The van der Waals surface area contributed by atoms with Crippen LogP contribution in [0.15, 0.2) is 24.3 Å². The summed E-state index contributed by atoms with van der Waals surface area (Å²) in [6, 6.07) is 7.28. The largest absolute Gasteiger partial charge is 0.494 e. The summed E-state index contributed by atoms with van der Waals surface area (Å²) in [6.07, 6.45) is 3.97. The monoisotopic (exact) mass is 394 g/mol. The Morgan fingerprint density at radius 2 is 1.74 bits per heavy atom. The Morgan fingerprint density at radius 3 is 2.37 bits per heavy atom. The van der Waals surface area contributed by atoms with Gasteiger partial charge in [0.1, 0.15) is 5.75 Å². The molecule has 2 aliphatic rings. The molecule has 2 heterocycles. The molecule has 2 fully saturated rings. The van der Waals surface area contributed by atoms with Gasteiger partial charge in [-0.3, -0.25) is 9.59 Å². The van der Waals surface area contributed by atoms with Gasteiger partial charge in [-0.2, -0.15) is 0 Å². The Kier molecular flexibility index (Phi) is 8.58. The molecule has 5 nitrogen and oxygen atoms in total. The highest BCUT2D eigenvalue weighted by Gasteiger charge is 2.37. The van der Waals surface area contributed by atoms with Gasteiger partial charge in [-0.25, -0.2) is 0 Å². The lowest BCUT2D eigenvalue weighted by Crippen LogP contribution is -2.32. The summed E-state index contributed by atoms with van der Waals surface area (Å²) >= 11 is 0. The molecule has 150 valence electrons. The molecule has 0 aromatic heterocycles. The topological polar surface area (TPSA) is 58.6 Å². The fraction of sp³-hybridized carbons (Fsp3) is 0.619. The van der Waals surface area contributed by atoms with Crippen LogP contribution >= 0.6 is 12.4 Å². The molecule has 0 aliphatic carbocycles. The molecule has 1 aromatic rings. The number of halogens is 1. The minimum atomic E-state index is 0. The van der Waals surface area contributed by atoms with Crippen LogP contribution in [0.3, 0.4) is 0 Å². The van der Waals surface area contributed by atoms with Crippen LogP contribution in [0.1, 0.15) is 49.4 Å². The molecule has 3 rings (SSSR count). The van der Waals surface area contributed by atoms with E-state index in [4.69, 9.17) is 4.74 Å². The van der Waals surface area contributed by atoms with E-state index in [1.54, 1.807) is 12.1 Å². The normalized spacial score (nSPS) is 20.9. The van der Waals surface area contributed by atoms with E-state index in [1.165, 1.54) is 12.8 Å². The molecule has 1 N–H and O–H groups in total. The number of likely N-dealkylation sites (tertiary alicyclic amines) is 1. The van der Waals surface area contributed by atoms with Crippen molar-refractivity contribution in [3.05, 3.63) is 29.8 Å². The molecule has 0 spiro atoms. The van der Waals surface area contributed by atoms with E-state index in [-0.39, 0.29) is 30.5 Å². The Morgan fingerprint density at radius 1 is 1.07 bits per heavy atom. The number of unbranched alkanes of at least 4 members (excludes halogenated alkanes) is 2. The molecule has 1 amide bonds. The Hall–Kier alpha value is -1.59. The number of hydrogen-bond acceptors (Lipinski definition) is 4. The van der Waals surface area contributed by atoms with Crippen molar-refractivity contribution in [1.29, 1.82) is 0 Å². The van der Waals surface area contributed by atoms with Crippen molar-refractivity contribution in [2.45, 2.75) is 39.0 Å². The van der Waals surface area contributed by atoms with Crippen LogP contribution in [-0.4, -0.2) is 49.4 Å². The van der Waals surface area contributed by atoms with Crippen molar-refractivity contribution in [2.24, 2.45) is 11.8 Å². The van der Waals surface area contributed by atoms with Gasteiger partial charge in [0.2, 0.25) is 5.91 Å².